The fraction of sp³-hybridized carbons (Fsp3) is 0.480. The second kappa shape index (κ2) is 7.48. The highest BCUT2D eigenvalue weighted by molar-refractivity contribution is 6.32. The molecular weight excluding hydrogens is 424 g/mol. The highest BCUT2D eigenvalue weighted by Gasteiger charge is 2.51. The summed E-state index contributed by atoms with van der Waals surface area (Å²) >= 11 is 6.25. The molecule has 0 unspecified atom stereocenters. The van der Waals surface area contributed by atoms with Crippen LogP contribution < -0.4 is 10.1 Å². The van der Waals surface area contributed by atoms with Gasteiger partial charge in [0, 0.05) is 12.1 Å². The van der Waals surface area contributed by atoms with Crippen molar-refractivity contribution >= 4 is 34.2 Å². The van der Waals surface area contributed by atoms with E-state index in [0.29, 0.717) is 17.2 Å². The summed E-state index contributed by atoms with van der Waals surface area (Å²) in [6.07, 6.45) is 8.55. The smallest absolute Gasteiger partial charge is 0.224 e. The minimum atomic E-state index is 0.126. The van der Waals surface area contributed by atoms with Crippen molar-refractivity contribution in [3.63, 3.8) is 0 Å². The summed E-state index contributed by atoms with van der Waals surface area (Å²) in [6, 6.07) is 11.1. The van der Waals surface area contributed by atoms with Gasteiger partial charge in [-0.15, -0.1) is 10.2 Å². The normalized spacial score (nSPS) is 28.2. The van der Waals surface area contributed by atoms with E-state index in [1.807, 2.05) is 24.3 Å². The van der Waals surface area contributed by atoms with E-state index in [4.69, 9.17) is 16.3 Å². The van der Waals surface area contributed by atoms with Gasteiger partial charge in [0.25, 0.3) is 0 Å². The molecule has 0 atom stereocenters. The fourth-order valence-electron chi connectivity index (χ4n) is 6.94. The Balaban J connectivity index is 1.19. The van der Waals surface area contributed by atoms with Crippen molar-refractivity contribution in [1.29, 1.82) is 0 Å². The van der Waals surface area contributed by atoms with Gasteiger partial charge in [0.05, 0.1) is 17.8 Å². The molecule has 4 aliphatic rings. The Hall–Kier alpha value is -2.60. The number of amides is 1. The number of hydrogen-bond donors (Lipinski definition) is 1. The van der Waals surface area contributed by atoms with Gasteiger partial charge >= 0.3 is 0 Å². The zero-order valence-electron chi connectivity index (χ0n) is 18.2. The number of carbonyl (C=O) groups is 1. The largest absolute Gasteiger partial charge is 0.495 e. The lowest BCUT2D eigenvalue weighted by atomic mass is 9.49. The van der Waals surface area contributed by atoms with Gasteiger partial charge in [-0.05, 0) is 98.1 Å². The van der Waals surface area contributed by atoms with Crippen LogP contribution in [0.3, 0.4) is 0 Å². The molecule has 0 saturated heterocycles. The SMILES string of the molecule is COc1ccc(-n2nc3ccc(NC(=O)CC45CC6CC(CC(C6)C4)C5)cc3n2)cc1Cl. The molecular formula is C25H27ClN4O2. The van der Waals surface area contributed by atoms with Crippen LogP contribution in [0.4, 0.5) is 5.69 Å². The number of fused-ring (bicyclic) bond motifs is 1. The zero-order chi connectivity index (χ0) is 21.9. The summed E-state index contributed by atoms with van der Waals surface area (Å²) in [5, 5.41) is 12.8. The Bertz CT molecular complexity index is 1170. The predicted octanol–water partition coefficient (Wildman–Crippen LogP) is 5.63. The molecule has 1 heterocycles. The number of anilines is 1. The molecule has 0 radical (unpaired) electrons. The predicted molar refractivity (Wildman–Crippen MR) is 124 cm³/mol. The second-order valence-electron chi connectivity index (χ2n) is 10.2. The topological polar surface area (TPSA) is 69.0 Å². The van der Waals surface area contributed by atoms with Crippen LogP contribution in [0.2, 0.25) is 5.02 Å². The third-order valence-corrected chi connectivity index (χ3v) is 8.03. The van der Waals surface area contributed by atoms with E-state index in [0.717, 1.165) is 40.2 Å². The number of hydrogen-bond acceptors (Lipinski definition) is 4. The molecule has 166 valence electrons. The van der Waals surface area contributed by atoms with Crippen LogP contribution in [0.15, 0.2) is 36.4 Å². The molecule has 4 saturated carbocycles. The first-order chi connectivity index (χ1) is 15.5. The standard InChI is InChI=1S/C25H27ClN4O2/c1-32-23-5-3-19(10-20(23)26)30-28-21-4-2-18(9-22(21)29-30)27-24(31)14-25-11-15-6-16(12-25)8-17(7-15)13-25/h2-5,9-10,15-17H,6-8,11-14H2,1H3,(H,27,31). The third-order valence-electron chi connectivity index (χ3n) is 7.73. The maximum absolute atomic E-state index is 13.0. The number of ether oxygens (including phenoxy) is 1. The van der Waals surface area contributed by atoms with Crippen LogP contribution in [0, 0.1) is 23.2 Å². The van der Waals surface area contributed by atoms with E-state index in [-0.39, 0.29) is 11.3 Å². The summed E-state index contributed by atoms with van der Waals surface area (Å²) in [4.78, 5) is 14.5. The van der Waals surface area contributed by atoms with Gasteiger partial charge in [-0.1, -0.05) is 11.6 Å². The van der Waals surface area contributed by atoms with Crippen LogP contribution in [0.5, 0.6) is 5.75 Å². The molecule has 7 rings (SSSR count). The Labute approximate surface area is 192 Å². The highest BCUT2D eigenvalue weighted by Crippen LogP contribution is 2.61. The van der Waals surface area contributed by atoms with E-state index in [9.17, 15) is 4.79 Å². The maximum Gasteiger partial charge on any atom is 0.224 e. The van der Waals surface area contributed by atoms with Crippen LogP contribution in [0.25, 0.3) is 16.7 Å². The van der Waals surface area contributed by atoms with E-state index in [1.165, 1.54) is 38.5 Å². The summed E-state index contributed by atoms with van der Waals surface area (Å²) in [5.41, 5.74) is 3.24. The molecule has 1 aromatic heterocycles. The number of benzene rings is 2. The number of nitrogens with zero attached hydrogens (tertiary/aromatic N) is 3. The minimum absolute atomic E-state index is 0.126. The van der Waals surface area contributed by atoms with Crippen molar-refractivity contribution in [1.82, 2.24) is 15.0 Å². The summed E-state index contributed by atoms with van der Waals surface area (Å²) in [7, 11) is 1.58. The van der Waals surface area contributed by atoms with Crippen molar-refractivity contribution in [2.45, 2.75) is 44.9 Å². The Morgan fingerprint density at radius 2 is 1.75 bits per heavy atom. The first-order valence-corrected chi connectivity index (χ1v) is 11.9. The maximum atomic E-state index is 13.0. The van der Waals surface area contributed by atoms with Gasteiger partial charge in [0.15, 0.2) is 0 Å². The van der Waals surface area contributed by atoms with Gasteiger partial charge < -0.3 is 10.1 Å². The summed E-state index contributed by atoms with van der Waals surface area (Å²) in [6.45, 7) is 0. The fourth-order valence-corrected chi connectivity index (χ4v) is 7.19. The quantitative estimate of drug-likeness (QED) is 0.547. The third kappa shape index (κ3) is 3.54. The Kier molecular flexibility index (Phi) is 4.68. The van der Waals surface area contributed by atoms with Gasteiger partial charge in [-0.2, -0.15) is 4.80 Å². The first-order valence-electron chi connectivity index (χ1n) is 11.5. The van der Waals surface area contributed by atoms with Crippen LogP contribution >= 0.6 is 11.6 Å². The molecule has 6 nitrogen and oxygen atoms in total. The van der Waals surface area contributed by atoms with Crippen molar-refractivity contribution in [3.8, 4) is 11.4 Å². The zero-order valence-corrected chi connectivity index (χ0v) is 18.9. The molecule has 1 amide bonds. The van der Waals surface area contributed by atoms with Crippen molar-refractivity contribution in [2.75, 3.05) is 12.4 Å². The van der Waals surface area contributed by atoms with E-state index in [2.05, 4.69) is 15.5 Å². The first kappa shape index (κ1) is 20.0. The number of rotatable bonds is 5. The lowest BCUT2D eigenvalue weighted by Crippen LogP contribution is -2.47. The molecule has 7 heteroatoms. The number of halogens is 1. The summed E-state index contributed by atoms with van der Waals surface area (Å²) in [5.74, 6) is 3.29. The summed E-state index contributed by atoms with van der Waals surface area (Å²) < 4.78 is 5.21. The number of nitrogens with one attached hydrogen (secondary N) is 1. The van der Waals surface area contributed by atoms with Crippen molar-refractivity contribution < 1.29 is 9.53 Å². The number of aromatic nitrogens is 3. The van der Waals surface area contributed by atoms with E-state index < -0.39 is 0 Å². The molecule has 0 aliphatic heterocycles. The minimum Gasteiger partial charge on any atom is -0.495 e. The molecule has 4 aliphatic carbocycles. The lowest BCUT2D eigenvalue weighted by Gasteiger charge is -2.56. The van der Waals surface area contributed by atoms with Crippen LogP contribution in [-0.2, 0) is 4.79 Å². The Morgan fingerprint density at radius 3 is 2.41 bits per heavy atom. The molecule has 3 aromatic rings. The average Bonchev–Trinajstić information content (AvgIpc) is 3.15. The van der Waals surface area contributed by atoms with Gasteiger partial charge in [-0.25, -0.2) is 0 Å². The molecule has 0 spiro atoms. The highest BCUT2D eigenvalue weighted by atomic mass is 35.5. The van der Waals surface area contributed by atoms with Crippen LogP contribution in [-0.4, -0.2) is 28.0 Å². The van der Waals surface area contributed by atoms with Gasteiger partial charge in [0.1, 0.15) is 16.8 Å². The van der Waals surface area contributed by atoms with Crippen molar-refractivity contribution in [3.05, 3.63) is 41.4 Å². The molecule has 32 heavy (non-hydrogen) atoms. The molecule has 1 N–H and O–H groups in total. The van der Waals surface area contributed by atoms with E-state index >= 15 is 0 Å². The Morgan fingerprint density at radius 1 is 1.06 bits per heavy atom. The molecule has 2 aromatic carbocycles. The average molecular weight is 451 g/mol. The second-order valence-corrected chi connectivity index (χ2v) is 10.6. The van der Waals surface area contributed by atoms with Crippen molar-refractivity contribution in [2.24, 2.45) is 23.2 Å². The van der Waals surface area contributed by atoms with Gasteiger partial charge in [-0.3, -0.25) is 4.79 Å². The molecule has 4 fully saturated rings. The lowest BCUT2D eigenvalue weighted by molar-refractivity contribution is -0.124. The molecule has 4 bridgehead atoms. The van der Waals surface area contributed by atoms with Gasteiger partial charge in [0.2, 0.25) is 5.91 Å². The van der Waals surface area contributed by atoms with Crippen LogP contribution in [0.1, 0.15) is 44.9 Å². The van der Waals surface area contributed by atoms with E-state index in [1.54, 1.807) is 24.0 Å². The number of carbonyl (C=O) groups excluding carboxylic acids is 1. The monoisotopic (exact) mass is 450 g/mol. The number of methoxy groups -OCH3 is 1.